The highest BCUT2D eigenvalue weighted by Crippen LogP contribution is 2.19. The lowest BCUT2D eigenvalue weighted by molar-refractivity contribution is 0.231. The van der Waals surface area contributed by atoms with Crippen LogP contribution in [0.3, 0.4) is 0 Å². The molecule has 7 aromatic rings. The van der Waals surface area contributed by atoms with Crippen molar-refractivity contribution >= 4 is 189 Å². The van der Waals surface area contributed by atoms with Gasteiger partial charge in [0, 0.05) is 44.2 Å². The first-order chi connectivity index (χ1) is 48.4. The largest absolute Gasteiger partial charge is 0.502 e. The van der Waals surface area contributed by atoms with Crippen LogP contribution in [0.2, 0.25) is 115 Å². The van der Waals surface area contributed by atoms with Gasteiger partial charge in [0.05, 0.1) is 78.2 Å². The lowest BCUT2D eigenvalue weighted by Gasteiger charge is -2.21. The van der Waals surface area contributed by atoms with Gasteiger partial charge in [-0.3, -0.25) is 0 Å². The van der Waals surface area contributed by atoms with Gasteiger partial charge in [0.15, 0.2) is 14.8 Å². The van der Waals surface area contributed by atoms with Gasteiger partial charge in [-0.05, 0) is 144 Å². The van der Waals surface area contributed by atoms with Gasteiger partial charge in [0.2, 0.25) is 0 Å². The summed E-state index contributed by atoms with van der Waals surface area (Å²) in [5.41, 5.74) is 5.31. The maximum Gasteiger partial charge on any atom is 0.154 e. The van der Waals surface area contributed by atoms with Gasteiger partial charge in [-0.15, -0.1) is 39.5 Å². The summed E-state index contributed by atoms with van der Waals surface area (Å²) in [4.78, 5) is 0. The van der Waals surface area contributed by atoms with Crippen LogP contribution in [0.15, 0.2) is 280 Å². The number of aliphatic hydroxyl groups excluding tert-OH is 3. The molecular formula is C82H123Br5Cl2O6P2Si6. The highest BCUT2D eigenvalue weighted by molar-refractivity contribution is 9.11. The molecule has 0 amide bonds. The van der Waals surface area contributed by atoms with E-state index in [1.165, 1.54) is 44.7 Å². The van der Waals surface area contributed by atoms with Crippen molar-refractivity contribution in [3.63, 3.8) is 0 Å². The number of benzene rings is 7. The lowest BCUT2D eigenvalue weighted by Crippen LogP contribution is -2.40. The number of rotatable bonds is 23. The Labute approximate surface area is 689 Å². The van der Waals surface area contributed by atoms with E-state index in [9.17, 15) is 0 Å². The molecule has 570 valence electrons. The third-order valence-electron chi connectivity index (χ3n) is 15.2. The van der Waals surface area contributed by atoms with E-state index in [1.54, 1.807) is 6.26 Å². The molecule has 0 spiro atoms. The average Bonchev–Trinajstić information content (AvgIpc) is 0.864. The Balaban J connectivity index is -0.000000546. The van der Waals surface area contributed by atoms with Crippen molar-refractivity contribution in [2.45, 2.75) is 161 Å². The van der Waals surface area contributed by atoms with Crippen molar-refractivity contribution in [3.05, 3.63) is 308 Å². The molecule has 8 rings (SSSR count). The van der Waals surface area contributed by atoms with E-state index in [2.05, 4.69) is 289 Å². The van der Waals surface area contributed by atoms with E-state index < -0.39 is 47.1 Å². The molecule has 1 aliphatic rings. The van der Waals surface area contributed by atoms with Crippen molar-refractivity contribution < 1.29 is 32.0 Å². The predicted molar refractivity (Wildman–Crippen MR) is 504 cm³/mol. The fourth-order valence-corrected chi connectivity index (χ4v) is 20.8. The van der Waals surface area contributed by atoms with E-state index in [0.29, 0.717) is 13.2 Å². The SMILES string of the molecule is Brc1ccc(Br)cc1.C1=COCCC1.C=CC[Si](C)(C)Cl.C=CC[Si](C)(C)Cl.C=CC[Si](C)(C)c1ccc(Br)cc1.C=CC[Si](C)(C)c1ccc(CO)cc1.C=CC[Si](C)(C)c1ccc(CO)cc1.C=CC[Si](C)(C)c1ccc(COP)cc1.OCc1ccc(Br)cc1.POCc1ccc(Br)cc1.[3HH].[3HH]. The summed E-state index contributed by atoms with van der Waals surface area (Å²) in [6, 6.07) is 64.1. The second kappa shape index (κ2) is 58.4. The van der Waals surface area contributed by atoms with Crippen molar-refractivity contribution in [3.8, 4) is 0 Å². The number of allylic oxidation sites excluding steroid dienone is 7. The van der Waals surface area contributed by atoms with Gasteiger partial charge >= 0.3 is 0 Å². The quantitative estimate of drug-likeness (QED) is 0.0256. The molecule has 7 aromatic carbocycles. The van der Waals surface area contributed by atoms with Gasteiger partial charge in [-0.25, -0.2) is 0 Å². The first-order valence-electron chi connectivity index (χ1n) is 34.1. The zero-order valence-electron chi connectivity index (χ0n) is 63.3. The number of aliphatic hydroxyl groups is 3. The smallest absolute Gasteiger partial charge is 0.154 e. The Kier molecular flexibility index (Phi) is 58.2. The lowest BCUT2D eigenvalue weighted by atomic mass is 10.2. The van der Waals surface area contributed by atoms with Crippen molar-refractivity contribution in [2.24, 2.45) is 0 Å². The minimum absolute atomic E-state index is 0. The molecule has 103 heavy (non-hydrogen) atoms. The summed E-state index contributed by atoms with van der Waals surface area (Å²) < 4.78 is 20.3. The zero-order chi connectivity index (χ0) is 78.6. The molecule has 0 saturated heterocycles. The van der Waals surface area contributed by atoms with Gasteiger partial charge in [0.25, 0.3) is 0 Å². The summed E-state index contributed by atoms with van der Waals surface area (Å²) in [5, 5.41) is 32.3. The van der Waals surface area contributed by atoms with E-state index >= 15 is 0 Å². The molecule has 2 atom stereocenters. The van der Waals surface area contributed by atoms with Crippen LogP contribution in [-0.2, 0) is 46.8 Å². The van der Waals surface area contributed by atoms with Gasteiger partial charge in [0.1, 0.15) is 0 Å². The van der Waals surface area contributed by atoms with Crippen LogP contribution in [0.4, 0.5) is 0 Å². The molecule has 0 aliphatic carbocycles. The minimum atomic E-state index is -1.31. The third-order valence-corrected chi connectivity index (χ3v) is 34.5. The maximum atomic E-state index is 8.93. The second-order valence-corrected chi connectivity index (χ2v) is 65.8. The van der Waals surface area contributed by atoms with Crippen molar-refractivity contribution in [1.82, 2.24) is 0 Å². The summed E-state index contributed by atoms with van der Waals surface area (Å²) >= 11 is 28.5. The minimum Gasteiger partial charge on any atom is -0.502 e. The van der Waals surface area contributed by atoms with Crippen molar-refractivity contribution in [1.29, 1.82) is 0 Å². The number of hydrogen-bond donors (Lipinski definition) is 3. The predicted octanol–water partition coefficient (Wildman–Crippen LogP) is 26.1. The van der Waals surface area contributed by atoms with Crippen LogP contribution >= 0.6 is 121 Å². The monoisotopic (exact) mass is 1900 g/mol. The Bertz CT molecular complexity index is 3310. The normalized spacial score (nSPS) is 11.4. The Hall–Kier alpha value is -2.54. The summed E-state index contributed by atoms with van der Waals surface area (Å²) in [6.07, 6.45) is 18.1. The van der Waals surface area contributed by atoms with Crippen LogP contribution < -0.4 is 20.7 Å². The average molecular weight is 1910 g/mol. The van der Waals surface area contributed by atoms with Crippen LogP contribution in [0.5, 0.6) is 0 Å². The van der Waals surface area contributed by atoms with E-state index in [-0.39, 0.29) is 22.7 Å². The van der Waals surface area contributed by atoms with E-state index in [1.807, 2.05) is 140 Å². The van der Waals surface area contributed by atoms with Crippen LogP contribution in [0.25, 0.3) is 0 Å². The Morgan fingerprint density at radius 2 is 0.573 bits per heavy atom. The molecule has 3 N–H and O–H groups in total. The number of halogens is 7. The van der Waals surface area contributed by atoms with E-state index in [4.69, 9.17) is 51.3 Å². The number of hydrogen-bond acceptors (Lipinski definition) is 6. The molecule has 1 heterocycles. The molecular weight excluding hydrogens is 1780 g/mol. The van der Waals surface area contributed by atoms with E-state index in [0.717, 1.165) is 81.9 Å². The molecule has 0 radical (unpaired) electrons. The summed E-state index contributed by atoms with van der Waals surface area (Å²) in [7, 11) is -3.26. The highest BCUT2D eigenvalue weighted by Gasteiger charge is 2.24. The molecule has 0 saturated carbocycles. The molecule has 2 unspecified atom stereocenters. The van der Waals surface area contributed by atoms with Crippen LogP contribution in [0, 0.1) is 0 Å². The number of ether oxygens (including phenoxy) is 1. The molecule has 0 fully saturated rings. The standard InChI is InChI=1S/C12H19OPSi.2C12H18OSi.C11H15BrSi.C7H8BrOP.C7H7BrO.C6H4Br2.2C5H11ClSi.C5H8O.2H2/c1-4-9-15(2,3)12-7-5-11(6-8-12)10-13-14;2*1-4-9-14(2,3)12-7-5-11(10-13)6-8-12;1-4-9-13(2,3)11-7-5-10(12)6-8-11;8-7-3-1-6(2-4-7)5-9-10;8-7-3-1-6(5-9)2-4-7;7-5-1-2-6(8)4-3-5;2*1-4-5-7(2,3)6;1-2-4-6-5-3-1;;/h4-8H,1,9-10,14H2,2-3H3;2*4-8,13H,1,9-10H2,2-3H3;4-8H,1,9H2,2-3H3;1-4H,5,10H2;1-4,9H,5H2;1-4H;2*4H,1,5H2,2-3H3;2,4H,1,3,5H2;2*1H/i;;;;;;;;;;2*1+2. The molecule has 21 heteroatoms. The highest BCUT2D eigenvalue weighted by atomic mass is 79.9. The molecule has 1 aliphatic heterocycles. The Morgan fingerprint density at radius 3 is 0.738 bits per heavy atom. The first-order valence-corrected chi connectivity index (χ1v) is 60.3. The zero-order valence-corrected chi connectivity index (χ0v) is 81.0. The van der Waals surface area contributed by atoms with Gasteiger partial charge in [-0.2, -0.15) is 22.2 Å². The summed E-state index contributed by atoms with van der Waals surface area (Å²) in [5.74, 6) is 0. The Morgan fingerprint density at radius 1 is 0.369 bits per heavy atom. The van der Waals surface area contributed by atoms with Crippen LogP contribution in [0.1, 0.15) is 43.5 Å². The fourth-order valence-electron chi connectivity index (χ4n) is 8.96. The molecule has 6 nitrogen and oxygen atoms in total. The second-order valence-electron chi connectivity index (χ2n) is 27.7. The molecule has 0 bridgehead atoms. The topological polar surface area (TPSA) is 88.4 Å². The van der Waals surface area contributed by atoms with Crippen molar-refractivity contribution in [2.75, 3.05) is 6.61 Å². The molecule has 0 aromatic heterocycles. The first kappa shape index (κ1) is 103. The summed E-state index contributed by atoms with van der Waals surface area (Å²) in [6.45, 7) is 52.3. The van der Waals surface area contributed by atoms with Gasteiger partial charge in [-0.1, -0.05) is 325 Å². The fraction of sp³-hybridized carbons (Fsp3) is 0.317. The van der Waals surface area contributed by atoms with Crippen LogP contribution in [-0.4, -0.2) is 69.0 Å². The van der Waals surface area contributed by atoms with Gasteiger partial charge < -0.3 is 29.1 Å². The third kappa shape index (κ3) is 53.0. The maximum absolute atomic E-state index is 8.93.